The van der Waals surface area contributed by atoms with Gasteiger partial charge in [-0.25, -0.2) is 4.79 Å². The molecule has 0 aliphatic rings. The second-order valence-electron chi connectivity index (χ2n) is 6.13. The summed E-state index contributed by atoms with van der Waals surface area (Å²) < 4.78 is 5.00. The fourth-order valence-corrected chi connectivity index (χ4v) is 2.83. The van der Waals surface area contributed by atoms with Gasteiger partial charge in [-0.05, 0) is 56.2 Å². The van der Waals surface area contributed by atoms with E-state index < -0.39 is 0 Å². The van der Waals surface area contributed by atoms with Gasteiger partial charge in [-0.2, -0.15) is 0 Å². The molecule has 0 aliphatic carbocycles. The zero-order valence-electron chi connectivity index (χ0n) is 15.8. The first-order valence-electron chi connectivity index (χ1n) is 9.45. The third kappa shape index (κ3) is 8.34. The summed E-state index contributed by atoms with van der Waals surface area (Å²) >= 11 is 5.61. The third-order valence-electron chi connectivity index (χ3n) is 4.00. The monoisotopic (exact) mass is 364 g/mol. The van der Waals surface area contributed by atoms with Gasteiger partial charge in [0.2, 0.25) is 0 Å². The Kier molecular flexibility index (Phi) is 10.9. The van der Waals surface area contributed by atoms with Crippen LogP contribution in [-0.4, -0.2) is 35.7 Å². The van der Waals surface area contributed by atoms with Crippen LogP contribution in [0.4, 0.5) is 5.69 Å². The van der Waals surface area contributed by atoms with Crippen molar-refractivity contribution in [3.05, 3.63) is 29.8 Å². The van der Waals surface area contributed by atoms with E-state index in [0.29, 0.717) is 12.2 Å². The number of nitrogens with zero attached hydrogens (tertiary/aromatic N) is 1. The highest BCUT2D eigenvalue weighted by Gasteiger charge is 2.10. The zero-order chi connectivity index (χ0) is 18.5. The number of anilines is 1. The number of thiocarbonyl (C=S) groups is 1. The van der Waals surface area contributed by atoms with Crippen molar-refractivity contribution in [1.82, 2.24) is 4.90 Å². The van der Waals surface area contributed by atoms with Crippen LogP contribution >= 0.6 is 12.2 Å². The topological polar surface area (TPSA) is 41.6 Å². The zero-order valence-corrected chi connectivity index (χ0v) is 16.7. The molecule has 1 aromatic rings. The maximum Gasteiger partial charge on any atom is 0.338 e. The molecule has 0 fully saturated rings. The molecule has 1 aromatic carbocycles. The van der Waals surface area contributed by atoms with Gasteiger partial charge in [-0.15, -0.1) is 0 Å². The molecule has 0 aliphatic heterocycles. The van der Waals surface area contributed by atoms with Gasteiger partial charge < -0.3 is 15.0 Å². The maximum absolute atomic E-state index is 11.7. The average Bonchev–Trinajstić information content (AvgIpc) is 2.61. The van der Waals surface area contributed by atoms with E-state index in [1.54, 1.807) is 19.1 Å². The van der Waals surface area contributed by atoms with Crippen molar-refractivity contribution in [3.8, 4) is 0 Å². The van der Waals surface area contributed by atoms with Crippen molar-refractivity contribution in [2.45, 2.75) is 59.3 Å². The van der Waals surface area contributed by atoms with E-state index in [1.807, 2.05) is 12.1 Å². The van der Waals surface area contributed by atoms with Crippen molar-refractivity contribution in [2.75, 3.05) is 25.0 Å². The Morgan fingerprint density at radius 3 is 2.04 bits per heavy atom. The van der Waals surface area contributed by atoms with Gasteiger partial charge in [0.25, 0.3) is 0 Å². The Bertz CT molecular complexity index is 507. The summed E-state index contributed by atoms with van der Waals surface area (Å²) in [6.45, 7) is 8.59. The standard InChI is InChI=1S/C20H32N2O2S/c1-4-7-9-15-22(16-10-8-5-2)20(25)21-18-13-11-17(12-14-18)19(23)24-6-3/h11-14H,4-10,15-16H2,1-3H3,(H,21,25). The normalized spacial score (nSPS) is 10.4. The minimum absolute atomic E-state index is 0.294. The van der Waals surface area contributed by atoms with Crippen molar-refractivity contribution < 1.29 is 9.53 Å². The van der Waals surface area contributed by atoms with Crippen molar-refractivity contribution in [3.63, 3.8) is 0 Å². The summed E-state index contributed by atoms with van der Waals surface area (Å²) in [6, 6.07) is 7.27. The molecule has 140 valence electrons. The van der Waals surface area contributed by atoms with Crippen LogP contribution in [0, 0.1) is 0 Å². The quantitative estimate of drug-likeness (QED) is 0.330. The predicted octanol–water partition coefficient (Wildman–Crippen LogP) is 5.24. The van der Waals surface area contributed by atoms with Crippen LogP contribution in [0.5, 0.6) is 0 Å². The first-order valence-corrected chi connectivity index (χ1v) is 9.86. The molecule has 1 N–H and O–H groups in total. The largest absolute Gasteiger partial charge is 0.462 e. The van der Waals surface area contributed by atoms with Crippen LogP contribution in [-0.2, 0) is 4.74 Å². The fourth-order valence-electron chi connectivity index (χ4n) is 2.53. The number of hydrogen-bond acceptors (Lipinski definition) is 3. The molecule has 0 saturated heterocycles. The van der Waals surface area contributed by atoms with Crippen molar-refractivity contribution in [1.29, 1.82) is 0 Å². The Labute approximate surface area is 157 Å². The third-order valence-corrected chi connectivity index (χ3v) is 4.36. The molecular weight excluding hydrogens is 332 g/mol. The van der Waals surface area contributed by atoms with E-state index in [4.69, 9.17) is 17.0 Å². The molecule has 25 heavy (non-hydrogen) atoms. The van der Waals surface area contributed by atoms with Gasteiger partial charge in [0.05, 0.1) is 12.2 Å². The van der Waals surface area contributed by atoms with E-state index in [1.165, 1.54) is 25.7 Å². The number of esters is 1. The lowest BCUT2D eigenvalue weighted by Crippen LogP contribution is -2.36. The SMILES string of the molecule is CCCCCN(CCCCC)C(=S)Nc1ccc(C(=O)OCC)cc1. The van der Waals surface area contributed by atoms with E-state index in [-0.39, 0.29) is 5.97 Å². The number of rotatable bonds is 11. The molecule has 0 unspecified atom stereocenters. The summed E-state index contributed by atoms with van der Waals surface area (Å²) in [4.78, 5) is 14.0. The van der Waals surface area contributed by atoms with Crippen molar-refractivity contribution in [2.24, 2.45) is 0 Å². The number of hydrogen-bond donors (Lipinski definition) is 1. The Morgan fingerprint density at radius 2 is 1.56 bits per heavy atom. The Morgan fingerprint density at radius 1 is 1.00 bits per heavy atom. The lowest BCUT2D eigenvalue weighted by molar-refractivity contribution is 0.0526. The second-order valence-corrected chi connectivity index (χ2v) is 6.52. The van der Waals surface area contributed by atoms with Gasteiger partial charge in [0.1, 0.15) is 0 Å². The first-order chi connectivity index (χ1) is 12.1. The molecule has 0 saturated carbocycles. The second kappa shape index (κ2) is 12.7. The average molecular weight is 365 g/mol. The summed E-state index contributed by atoms with van der Waals surface area (Å²) in [5.74, 6) is -0.294. The smallest absolute Gasteiger partial charge is 0.338 e. The van der Waals surface area contributed by atoms with Crippen LogP contribution < -0.4 is 5.32 Å². The maximum atomic E-state index is 11.7. The highest BCUT2D eigenvalue weighted by atomic mass is 32.1. The minimum atomic E-state index is -0.294. The lowest BCUT2D eigenvalue weighted by atomic mass is 10.2. The highest BCUT2D eigenvalue weighted by molar-refractivity contribution is 7.80. The number of benzene rings is 1. The van der Waals surface area contributed by atoms with E-state index in [0.717, 1.165) is 36.7 Å². The van der Waals surface area contributed by atoms with Gasteiger partial charge in [-0.1, -0.05) is 39.5 Å². The molecular formula is C20H32N2O2S. The molecule has 5 heteroatoms. The summed E-state index contributed by atoms with van der Waals surface area (Å²) in [7, 11) is 0. The number of carbonyl (C=O) groups excluding carboxylic acids is 1. The molecule has 1 rings (SSSR count). The van der Waals surface area contributed by atoms with E-state index in [9.17, 15) is 4.79 Å². The molecule has 0 spiro atoms. The molecule has 0 aromatic heterocycles. The van der Waals surface area contributed by atoms with E-state index >= 15 is 0 Å². The number of carbonyl (C=O) groups is 1. The lowest BCUT2D eigenvalue weighted by Gasteiger charge is -2.26. The number of unbranched alkanes of at least 4 members (excludes halogenated alkanes) is 4. The molecule has 0 atom stereocenters. The summed E-state index contributed by atoms with van der Waals surface area (Å²) in [6.07, 6.45) is 7.18. The molecule has 0 amide bonds. The Balaban J connectivity index is 2.62. The van der Waals surface area contributed by atoms with Crippen LogP contribution in [0.2, 0.25) is 0 Å². The predicted molar refractivity (Wildman–Crippen MR) is 109 cm³/mol. The highest BCUT2D eigenvalue weighted by Crippen LogP contribution is 2.13. The number of nitrogens with one attached hydrogen (secondary N) is 1. The van der Waals surface area contributed by atoms with Crippen LogP contribution in [0.3, 0.4) is 0 Å². The van der Waals surface area contributed by atoms with Crippen LogP contribution in [0.1, 0.15) is 69.7 Å². The van der Waals surface area contributed by atoms with Crippen LogP contribution in [0.15, 0.2) is 24.3 Å². The molecule has 0 heterocycles. The Hall–Kier alpha value is -1.62. The van der Waals surface area contributed by atoms with Gasteiger partial charge in [0.15, 0.2) is 5.11 Å². The summed E-state index contributed by atoms with van der Waals surface area (Å²) in [5.41, 5.74) is 1.45. The first kappa shape index (κ1) is 21.4. The van der Waals surface area contributed by atoms with Crippen molar-refractivity contribution >= 4 is 29.0 Å². The molecule has 0 radical (unpaired) electrons. The van der Waals surface area contributed by atoms with Gasteiger partial charge >= 0.3 is 5.97 Å². The minimum Gasteiger partial charge on any atom is -0.462 e. The molecule has 4 nitrogen and oxygen atoms in total. The van der Waals surface area contributed by atoms with Gasteiger partial charge in [0, 0.05) is 18.8 Å². The fraction of sp³-hybridized carbons (Fsp3) is 0.600. The van der Waals surface area contributed by atoms with Gasteiger partial charge in [-0.3, -0.25) is 0 Å². The van der Waals surface area contributed by atoms with Crippen LogP contribution in [0.25, 0.3) is 0 Å². The molecule has 0 bridgehead atoms. The summed E-state index contributed by atoms with van der Waals surface area (Å²) in [5, 5.41) is 4.06. The van der Waals surface area contributed by atoms with E-state index in [2.05, 4.69) is 24.1 Å². The number of ether oxygens (including phenoxy) is 1.